The maximum Gasteiger partial charge on any atom is 0.179 e. The zero-order chi connectivity index (χ0) is 17.7. The number of nitrogens with zero attached hydrogens (tertiary/aromatic N) is 4. The zero-order valence-electron chi connectivity index (χ0n) is 14.2. The SMILES string of the molecule is COC1(c2cccc(-c3cnn(C)c3)n2)C=C(C#N)C(=O)C2(CC2)C1. The van der Waals surface area contributed by atoms with Gasteiger partial charge in [0.25, 0.3) is 0 Å². The second-order valence-electron chi connectivity index (χ2n) is 6.86. The van der Waals surface area contributed by atoms with Gasteiger partial charge in [-0.1, -0.05) is 6.07 Å². The fourth-order valence-corrected chi connectivity index (χ4v) is 3.64. The first-order valence-corrected chi connectivity index (χ1v) is 8.21. The molecule has 1 spiro atoms. The van der Waals surface area contributed by atoms with Crippen molar-refractivity contribution in [3.63, 3.8) is 0 Å². The molecule has 6 heteroatoms. The van der Waals surface area contributed by atoms with E-state index in [0.717, 1.165) is 24.1 Å². The van der Waals surface area contributed by atoms with Crippen molar-refractivity contribution < 1.29 is 9.53 Å². The summed E-state index contributed by atoms with van der Waals surface area (Å²) in [4.78, 5) is 17.3. The number of nitriles is 1. The number of carbonyl (C=O) groups is 1. The molecule has 2 aliphatic rings. The molecule has 0 bridgehead atoms. The van der Waals surface area contributed by atoms with Crippen LogP contribution in [0.4, 0.5) is 0 Å². The molecule has 0 radical (unpaired) electrons. The lowest BCUT2D eigenvalue weighted by atomic mass is 9.74. The Hall–Kier alpha value is -2.78. The van der Waals surface area contributed by atoms with Crippen molar-refractivity contribution in [2.45, 2.75) is 24.9 Å². The quantitative estimate of drug-likeness (QED) is 0.861. The van der Waals surface area contributed by atoms with Gasteiger partial charge in [0.05, 0.1) is 23.2 Å². The van der Waals surface area contributed by atoms with Gasteiger partial charge in [-0.25, -0.2) is 4.98 Å². The molecular formula is C19H18N4O2. The van der Waals surface area contributed by atoms with Gasteiger partial charge in [-0.2, -0.15) is 10.4 Å². The molecule has 0 aliphatic heterocycles. The van der Waals surface area contributed by atoms with Crippen LogP contribution in [-0.2, 0) is 22.2 Å². The second kappa shape index (κ2) is 5.36. The van der Waals surface area contributed by atoms with Gasteiger partial charge in [0.1, 0.15) is 11.7 Å². The average molecular weight is 334 g/mol. The van der Waals surface area contributed by atoms with E-state index in [1.807, 2.05) is 37.5 Å². The van der Waals surface area contributed by atoms with Crippen molar-refractivity contribution in [1.82, 2.24) is 14.8 Å². The highest BCUT2D eigenvalue weighted by atomic mass is 16.5. The Morgan fingerprint density at radius 2 is 2.16 bits per heavy atom. The molecule has 0 amide bonds. The standard InChI is InChI=1S/C19H18N4O2/c1-23-11-14(10-21-23)15-4-3-5-16(22-15)19(25-2)8-13(9-20)17(24)18(12-19)6-7-18/h3-5,8,10-11H,6-7,12H2,1-2H3. The van der Waals surface area contributed by atoms with Gasteiger partial charge >= 0.3 is 0 Å². The van der Waals surface area contributed by atoms with Crippen LogP contribution in [0, 0.1) is 16.7 Å². The highest BCUT2D eigenvalue weighted by molar-refractivity contribution is 6.06. The van der Waals surface area contributed by atoms with E-state index in [9.17, 15) is 10.1 Å². The lowest BCUT2D eigenvalue weighted by Crippen LogP contribution is -2.39. The van der Waals surface area contributed by atoms with Crippen molar-refractivity contribution >= 4 is 5.78 Å². The van der Waals surface area contributed by atoms with E-state index in [-0.39, 0.29) is 11.4 Å². The third-order valence-electron chi connectivity index (χ3n) is 5.23. The van der Waals surface area contributed by atoms with E-state index in [0.29, 0.717) is 12.1 Å². The summed E-state index contributed by atoms with van der Waals surface area (Å²) in [6, 6.07) is 7.77. The molecule has 0 aromatic carbocycles. The van der Waals surface area contributed by atoms with E-state index in [4.69, 9.17) is 9.72 Å². The van der Waals surface area contributed by atoms with E-state index in [1.165, 1.54) is 0 Å². The molecule has 2 aromatic heterocycles. The van der Waals surface area contributed by atoms with Crippen LogP contribution in [0.25, 0.3) is 11.3 Å². The fraction of sp³-hybridized carbons (Fsp3) is 0.368. The largest absolute Gasteiger partial charge is 0.368 e. The van der Waals surface area contributed by atoms with Crippen molar-refractivity contribution in [3.8, 4) is 17.3 Å². The minimum absolute atomic E-state index is 0.0499. The summed E-state index contributed by atoms with van der Waals surface area (Å²) < 4.78 is 7.58. The van der Waals surface area contributed by atoms with Crippen LogP contribution in [0.3, 0.4) is 0 Å². The highest BCUT2D eigenvalue weighted by Crippen LogP contribution is 2.58. The zero-order valence-corrected chi connectivity index (χ0v) is 14.2. The Bertz CT molecular complexity index is 933. The van der Waals surface area contributed by atoms with Crippen LogP contribution >= 0.6 is 0 Å². The second-order valence-corrected chi connectivity index (χ2v) is 6.86. The number of hydrogen-bond acceptors (Lipinski definition) is 5. The predicted molar refractivity (Wildman–Crippen MR) is 90.1 cm³/mol. The Balaban J connectivity index is 1.83. The van der Waals surface area contributed by atoms with Gasteiger partial charge in [0, 0.05) is 31.3 Å². The number of aromatic nitrogens is 3. The highest BCUT2D eigenvalue weighted by Gasteiger charge is 2.58. The molecule has 0 saturated heterocycles. The summed E-state index contributed by atoms with van der Waals surface area (Å²) in [5.41, 5.74) is 1.28. The number of hydrogen-bond donors (Lipinski definition) is 0. The molecule has 6 nitrogen and oxygen atoms in total. The number of rotatable bonds is 3. The van der Waals surface area contributed by atoms with Crippen molar-refractivity contribution in [1.29, 1.82) is 5.26 Å². The van der Waals surface area contributed by atoms with Crippen molar-refractivity contribution in [2.75, 3.05) is 7.11 Å². The van der Waals surface area contributed by atoms with E-state index >= 15 is 0 Å². The molecular weight excluding hydrogens is 316 g/mol. The summed E-state index contributed by atoms with van der Waals surface area (Å²) in [7, 11) is 3.46. The van der Waals surface area contributed by atoms with Gasteiger partial charge in [-0.05, 0) is 37.5 Å². The molecule has 1 fully saturated rings. The summed E-state index contributed by atoms with van der Waals surface area (Å²) >= 11 is 0. The normalized spacial score (nSPS) is 24.0. The fourth-order valence-electron chi connectivity index (χ4n) is 3.64. The third-order valence-corrected chi connectivity index (χ3v) is 5.23. The smallest absolute Gasteiger partial charge is 0.179 e. The van der Waals surface area contributed by atoms with E-state index < -0.39 is 11.0 Å². The van der Waals surface area contributed by atoms with Gasteiger partial charge in [0.2, 0.25) is 0 Å². The van der Waals surface area contributed by atoms with Gasteiger partial charge in [-0.15, -0.1) is 0 Å². The number of aryl methyl sites for hydroxylation is 1. The third kappa shape index (κ3) is 2.39. The number of ether oxygens (including phenoxy) is 1. The molecule has 1 atom stereocenters. The van der Waals surface area contributed by atoms with Crippen LogP contribution in [-0.4, -0.2) is 27.7 Å². The Morgan fingerprint density at radius 3 is 2.76 bits per heavy atom. The van der Waals surface area contributed by atoms with Crippen LogP contribution in [0.15, 0.2) is 42.2 Å². The molecule has 25 heavy (non-hydrogen) atoms. The molecule has 1 unspecified atom stereocenters. The topological polar surface area (TPSA) is 80.8 Å². The van der Waals surface area contributed by atoms with E-state index in [1.54, 1.807) is 24.1 Å². The molecule has 2 aromatic rings. The summed E-state index contributed by atoms with van der Waals surface area (Å²) in [5, 5.41) is 13.6. The Labute approximate surface area is 145 Å². The number of ketones is 1. The van der Waals surface area contributed by atoms with Crippen LogP contribution < -0.4 is 0 Å². The van der Waals surface area contributed by atoms with Crippen molar-refractivity contribution in [3.05, 3.63) is 47.9 Å². The summed E-state index contributed by atoms with van der Waals surface area (Å²) in [6.45, 7) is 0. The maximum atomic E-state index is 12.5. The predicted octanol–water partition coefficient (Wildman–Crippen LogP) is 2.53. The molecule has 2 heterocycles. The van der Waals surface area contributed by atoms with Gasteiger partial charge in [0.15, 0.2) is 5.78 Å². The van der Waals surface area contributed by atoms with Crippen molar-refractivity contribution in [2.24, 2.45) is 12.5 Å². The van der Waals surface area contributed by atoms with Gasteiger partial charge < -0.3 is 4.74 Å². The molecule has 4 rings (SSSR count). The first-order chi connectivity index (χ1) is 12.0. The molecule has 1 saturated carbocycles. The number of Topliss-reactive ketones (excluding diaryl/α,β-unsaturated/α-hetero) is 1. The van der Waals surface area contributed by atoms with Gasteiger partial charge in [-0.3, -0.25) is 9.48 Å². The van der Waals surface area contributed by atoms with Crippen LogP contribution in [0.5, 0.6) is 0 Å². The molecule has 126 valence electrons. The van der Waals surface area contributed by atoms with Crippen LogP contribution in [0.1, 0.15) is 25.0 Å². The average Bonchev–Trinajstić information content (AvgIpc) is 3.27. The first-order valence-electron chi connectivity index (χ1n) is 8.21. The minimum Gasteiger partial charge on any atom is -0.368 e. The summed E-state index contributed by atoms with van der Waals surface area (Å²) in [5.74, 6) is -0.0499. The first kappa shape index (κ1) is 15.7. The van der Waals surface area contributed by atoms with Crippen LogP contribution in [0.2, 0.25) is 0 Å². The number of allylic oxidation sites excluding steroid dienone is 1. The number of pyridine rings is 1. The summed E-state index contributed by atoms with van der Waals surface area (Å²) in [6.07, 6.45) is 7.44. The minimum atomic E-state index is -0.853. The lowest BCUT2D eigenvalue weighted by Gasteiger charge is -2.36. The maximum absolute atomic E-state index is 12.5. The Kier molecular flexibility index (Phi) is 3.37. The molecule has 0 N–H and O–H groups in total. The molecule has 2 aliphatic carbocycles. The number of carbonyl (C=O) groups excluding carboxylic acids is 1. The van der Waals surface area contributed by atoms with E-state index in [2.05, 4.69) is 5.10 Å². The number of methoxy groups -OCH3 is 1. The lowest BCUT2D eigenvalue weighted by molar-refractivity contribution is -0.124. The monoisotopic (exact) mass is 334 g/mol. The Morgan fingerprint density at radius 1 is 1.36 bits per heavy atom.